The molecule has 23 rings (SSSR count). The summed E-state index contributed by atoms with van der Waals surface area (Å²) in [5.74, 6) is -1.10. The Hall–Kier alpha value is -15.0. The molecule has 23 aromatic rings. The SMILES string of the molecule is CC(=O)C=C(C)O.CC(F)(c1cccc(-c2[c-]c3ccccc3s2)n1)c1cccc(-c2[c-]c3ccccc3s2)n1.Cc1ccc(-c2cc(C(=O)O)nc(-c3[c-]cccc3)c2)cc1.Cc1cnc2c3[c-]cccc3c3ccccc3c2n1.[Ir].[Ir].[Pt+2].[Pt+2].[c-]1c(-c2ccccn2)cc(-c2ccccc2)cc1-c1nccc2ccccc12.[c-]1c(-c2ccccn2)cccc1N(c1[c-]c(-c2ccccn2)ccc1)c1ccccc1. The Kier molecular flexibility index (Phi) is 36.1. The standard InChI is InChI=1S/C28H17FN2S2.C28H19N3.C26H17N2.C19H14NO2.C17H11N2.C5H8O2.2Ir.2Pt/c1-28(29,26-14-6-10-20(30-26)24-16-18-8-2-4-12-22(18)32-24)27-15-7-11-21(31-27)25-17-19-9-3-5-13-23(19)33-25;1-2-12-24(13-3-1)31(25-14-8-10-22(20-25)27-16-4-6-18-29-27)26-15-9-11-23(21-26)28-17-5-7-19-30-28;1-2-8-19(9-3-1)21-16-22(25-12-6-7-14-27-25)18-23(17-21)26-24-11-5-4-10-20(24)13-15-28-26;1-13-7-9-14(10-8-13)16-11-17(15-5-3-2-4-6-15)20-18(12-16)19(21)22;1-11-10-18-16-14-8-4-2-6-12(14)13-7-3-5-9-15(13)17(16)19-11;1-4(6)3-5(2)7;;;;/h2-15H,1H3;1-19H;1-17H;2-5,7-12H,1H3,(H,21,22);2-7,9-10H,1H3;3,6H,1-2H3;;;;/q2*-2;3*-1;;;;2*+2. The zero-order valence-corrected chi connectivity index (χ0v) is 89.0. The number of allylic oxidation sites excluding steroid dienone is 2. The number of halogens is 1. The van der Waals surface area contributed by atoms with Gasteiger partial charge in [0, 0.05) is 111 Å². The van der Waals surface area contributed by atoms with Gasteiger partial charge in [-0.1, -0.05) is 245 Å². The van der Waals surface area contributed by atoms with Crippen LogP contribution in [0.4, 0.5) is 21.5 Å². The molecule has 0 saturated carbocycles. The van der Waals surface area contributed by atoms with E-state index in [0.29, 0.717) is 28.5 Å². The Morgan fingerprint density at radius 2 is 0.875 bits per heavy atom. The maximum atomic E-state index is 16.2. The molecule has 0 saturated heterocycles. The van der Waals surface area contributed by atoms with E-state index in [2.05, 4.69) is 202 Å². The van der Waals surface area contributed by atoms with Crippen LogP contribution in [0.5, 0.6) is 0 Å². The summed E-state index contributed by atoms with van der Waals surface area (Å²) in [7, 11) is 0. The molecule has 14 nitrogen and oxygen atoms in total. The number of aryl methyl sites for hydroxylation is 2. The monoisotopic (exact) mass is 2630 g/mol. The minimum absolute atomic E-state index is 0. The molecular weight excluding hydrogens is 2540 g/mol. The number of aliphatic hydroxyl groups is 1. The smallest absolute Gasteiger partial charge is 0.512 e. The van der Waals surface area contributed by atoms with Crippen molar-refractivity contribution in [2.24, 2.45) is 0 Å². The molecule has 0 aliphatic carbocycles. The minimum Gasteiger partial charge on any atom is -0.512 e. The molecule has 10 aromatic heterocycles. The number of pyridine rings is 7. The third-order valence-corrected chi connectivity index (χ3v) is 24.9. The van der Waals surface area contributed by atoms with E-state index in [1.807, 2.05) is 275 Å². The van der Waals surface area contributed by atoms with Crippen LogP contribution in [-0.2, 0) is 92.8 Å². The topological polar surface area (TPSA) is 194 Å². The van der Waals surface area contributed by atoms with E-state index in [4.69, 9.17) is 10.1 Å². The van der Waals surface area contributed by atoms with Gasteiger partial charge >= 0.3 is 48.1 Å². The van der Waals surface area contributed by atoms with Crippen LogP contribution in [0.15, 0.2) is 425 Å². The number of benzene rings is 13. The molecule has 0 unspecified atom stereocenters. The Morgan fingerprint density at radius 1 is 0.382 bits per heavy atom. The van der Waals surface area contributed by atoms with Crippen LogP contribution >= 0.6 is 22.7 Å². The van der Waals surface area contributed by atoms with Crippen LogP contribution in [0.1, 0.15) is 53.9 Å². The Balaban J connectivity index is 0.000000141. The number of hydrogen-bond acceptors (Lipinski definition) is 15. The van der Waals surface area contributed by atoms with Gasteiger partial charge in [0.05, 0.1) is 28.4 Å². The second-order valence-electron chi connectivity index (χ2n) is 32.8. The largest absolute Gasteiger partial charge is 2.00 e. The predicted octanol–water partition coefficient (Wildman–Crippen LogP) is 30.7. The number of thiophene rings is 2. The average Bonchev–Trinajstić information content (AvgIpc) is 1.02. The van der Waals surface area contributed by atoms with Crippen molar-refractivity contribution in [3.63, 3.8) is 0 Å². The molecule has 144 heavy (non-hydrogen) atoms. The van der Waals surface area contributed by atoms with Crippen molar-refractivity contribution in [1.82, 2.24) is 44.9 Å². The Labute approximate surface area is 898 Å². The number of carbonyl (C=O) groups excluding carboxylic acids is 1. The molecule has 0 bridgehead atoms. The first-order valence-electron chi connectivity index (χ1n) is 45.1. The van der Waals surface area contributed by atoms with Crippen LogP contribution in [0.2, 0.25) is 0 Å². The molecule has 0 atom stereocenters. The molecule has 0 aliphatic rings. The summed E-state index contributed by atoms with van der Waals surface area (Å²) in [5.41, 5.74) is 20.1. The van der Waals surface area contributed by atoms with Crippen molar-refractivity contribution in [3.05, 3.63) is 496 Å². The number of fused-ring (bicyclic) bond motifs is 9. The number of rotatable bonds is 16. The minimum atomic E-state index is -1.85. The van der Waals surface area contributed by atoms with Crippen LogP contribution in [0, 0.1) is 56.3 Å². The van der Waals surface area contributed by atoms with Crippen molar-refractivity contribution in [3.8, 4) is 99.7 Å². The van der Waals surface area contributed by atoms with Gasteiger partial charge in [-0.2, -0.15) is 0 Å². The van der Waals surface area contributed by atoms with Gasteiger partial charge in [0.1, 0.15) is 5.69 Å². The maximum absolute atomic E-state index is 16.2. The first-order chi connectivity index (χ1) is 68.4. The fraction of sp³-hybridized carbons (Fsp3) is 0.0488. The van der Waals surface area contributed by atoms with Crippen molar-refractivity contribution >= 4 is 115 Å². The maximum Gasteiger partial charge on any atom is 2.00 e. The van der Waals surface area contributed by atoms with Crippen LogP contribution in [0.3, 0.4) is 0 Å². The number of nitrogens with zero attached hydrogens (tertiary/aromatic N) is 10. The zero-order chi connectivity index (χ0) is 96.3. The molecule has 2 radical (unpaired) electrons. The van der Waals surface area contributed by atoms with E-state index >= 15 is 4.39 Å². The molecule has 0 aliphatic heterocycles. The summed E-state index contributed by atoms with van der Waals surface area (Å²) in [6.07, 6.45) is 10.3. The number of aromatic carboxylic acids is 1. The van der Waals surface area contributed by atoms with Gasteiger partial charge in [0.25, 0.3) is 0 Å². The number of anilines is 3. The number of aliphatic hydroxyl groups excluding tert-OH is 1. The van der Waals surface area contributed by atoms with E-state index in [0.717, 1.165) is 158 Å². The molecule has 2 N–H and O–H groups in total. The van der Waals surface area contributed by atoms with Gasteiger partial charge < -0.3 is 30.1 Å². The summed E-state index contributed by atoms with van der Waals surface area (Å²) in [4.78, 5) is 66.3. The Bertz CT molecular complexity index is 8010. The summed E-state index contributed by atoms with van der Waals surface area (Å²) < 4.78 is 18.5. The van der Waals surface area contributed by atoms with Crippen molar-refractivity contribution < 1.29 is 107 Å². The molecule has 21 heteroatoms. The van der Waals surface area contributed by atoms with Crippen molar-refractivity contribution in [2.45, 2.75) is 40.3 Å². The van der Waals surface area contributed by atoms with E-state index in [1.54, 1.807) is 59.3 Å². The number of para-hydroxylation sites is 1. The van der Waals surface area contributed by atoms with Crippen molar-refractivity contribution in [1.29, 1.82) is 0 Å². The van der Waals surface area contributed by atoms with Gasteiger partial charge in [-0.3, -0.25) is 34.7 Å². The molecular formula is C123H86FIr2N10O4Pt2S2-3. The first-order valence-corrected chi connectivity index (χ1v) is 46.8. The summed E-state index contributed by atoms with van der Waals surface area (Å²) >= 11 is 3.22. The second kappa shape index (κ2) is 49.6. The number of hydrogen-bond donors (Lipinski definition) is 2. The Morgan fingerprint density at radius 3 is 1.43 bits per heavy atom. The fourth-order valence-corrected chi connectivity index (χ4v) is 18.0. The molecule has 10 heterocycles. The van der Waals surface area contributed by atoms with E-state index in [9.17, 15) is 14.7 Å². The van der Waals surface area contributed by atoms with Gasteiger partial charge in [0.2, 0.25) is 0 Å². The van der Waals surface area contributed by atoms with Gasteiger partial charge in [0.15, 0.2) is 11.5 Å². The molecule has 13 aromatic carbocycles. The van der Waals surface area contributed by atoms with Crippen LogP contribution in [0.25, 0.3) is 163 Å². The molecule has 712 valence electrons. The van der Waals surface area contributed by atoms with E-state index in [1.165, 1.54) is 43.0 Å². The second-order valence-corrected chi connectivity index (χ2v) is 34.9. The molecule has 0 amide bonds. The molecule has 0 fully saturated rings. The third kappa shape index (κ3) is 25.5. The number of ketones is 1. The number of aromatic nitrogens is 9. The molecule has 0 spiro atoms. The van der Waals surface area contributed by atoms with Crippen LogP contribution in [-0.4, -0.2) is 66.8 Å². The summed E-state index contributed by atoms with van der Waals surface area (Å²) in [6.45, 7) is 8.36. The summed E-state index contributed by atoms with van der Waals surface area (Å²) in [6, 6.07) is 149. The normalized spacial score (nSPS) is 10.8. The van der Waals surface area contributed by atoms with Gasteiger partial charge in [-0.15, -0.1) is 191 Å². The first kappa shape index (κ1) is 105. The summed E-state index contributed by atoms with van der Waals surface area (Å²) in [5, 5.41) is 26.6. The fourth-order valence-electron chi connectivity index (χ4n) is 16.0. The number of carboxylic acids is 1. The number of carboxylic acid groups (broad SMARTS) is 1. The van der Waals surface area contributed by atoms with Crippen LogP contribution < -0.4 is 4.90 Å². The third-order valence-electron chi connectivity index (χ3n) is 22.7. The quantitative estimate of drug-likeness (QED) is 0.0401. The zero-order valence-electron chi connectivity index (χ0n) is 78.0. The van der Waals surface area contributed by atoms with Gasteiger partial charge in [-0.25, -0.2) is 31.9 Å². The number of alkyl halides is 1. The van der Waals surface area contributed by atoms with Crippen molar-refractivity contribution in [2.75, 3.05) is 4.90 Å². The number of carbonyl (C=O) groups is 2. The average molecular weight is 2630 g/mol. The van der Waals surface area contributed by atoms with Gasteiger partial charge in [-0.05, 0) is 170 Å². The predicted molar refractivity (Wildman–Crippen MR) is 566 cm³/mol. The van der Waals surface area contributed by atoms with E-state index in [-0.39, 0.29) is 99.6 Å². The van der Waals surface area contributed by atoms with E-state index < -0.39 is 11.6 Å².